The first-order valence-corrected chi connectivity index (χ1v) is 19.2. The lowest BCUT2D eigenvalue weighted by Crippen LogP contribution is -2.64. The van der Waals surface area contributed by atoms with Crippen LogP contribution in [0.3, 0.4) is 0 Å². The third-order valence-corrected chi connectivity index (χ3v) is 12.8. The first kappa shape index (κ1) is 40.0. The molecule has 2 saturated carbocycles. The van der Waals surface area contributed by atoms with Crippen LogP contribution in [0, 0.1) is 29.6 Å². The second kappa shape index (κ2) is 16.1. The molecule has 1 saturated heterocycles. The number of sulfone groups is 1. The zero-order valence-corrected chi connectivity index (χ0v) is 31.0. The van der Waals surface area contributed by atoms with Crippen molar-refractivity contribution in [3.63, 3.8) is 0 Å². The minimum Gasteiger partial charge on any atom is -0.346 e. The second-order valence-corrected chi connectivity index (χ2v) is 18.8. The van der Waals surface area contributed by atoms with E-state index in [2.05, 4.69) is 33.8 Å². The van der Waals surface area contributed by atoms with Crippen LogP contribution in [0.5, 0.6) is 0 Å². The number of nitrogens with zero attached hydrogens (tertiary/aromatic N) is 1. The molecule has 49 heavy (non-hydrogen) atoms. The fraction of sp³-hybridized carbons (Fsp3) is 0.750. The molecule has 13 heteroatoms. The van der Waals surface area contributed by atoms with Crippen LogP contribution in [-0.4, -0.2) is 90.1 Å². The fourth-order valence-corrected chi connectivity index (χ4v) is 8.44. The van der Waals surface area contributed by atoms with Gasteiger partial charge < -0.3 is 26.2 Å². The fourth-order valence-electron chi connectivity index (χ4n) is 6.92. The summed E-state index contributed by atoms with van der Waals surface area (Å²) < 4.78 is 25.6. The number of carbonyl (C=O) groups is 5. The van der Waals surface area contributed by atoms with Crippen LogP contribution in [-0.2, 0) is 29.0 Å². The van der Waals surface area contributed by atoms with Crippen LogP contribution in [0.4, 0.5) is 4.79 Å². The molecule has 0 bridgehead atoms. The quantitative estimate of drug-likeness (QED) is 0.122. The van der Waals surface area contributed by atoms with E-state index < -0.39 is 73.2 Å². The van der Waals surface area contributed by atoms with Crippen LogP contribution in [0.1, 0.15) is 106 Å². The van der Waals surface area contributed by atoms with Gasteiger partial charge in [0.1, 0.15) is 12.1 Å². The Hall–Kier alpha value is -3.40. The standard InChI is InChI=1S/C36H57N5O7S/c1-9-11-15-26(28(42)31(44)37-21-10-2)38-30(43)27-25(24-16-17-24)18-22-41(27)32(45)29(34(3,4)5)39-33(46)40-36(19-13-12-14-20-36)23-49(47,48)35(6,7)8/h1,10,24-27,29H,2,11-23H2,3-8H3,(H,37,44)(H,38,43)(H2,39,40,46)/t25-,26?,27+,29-/m1/s1. The van der Waals surface area contributed by atoms with Gasteiger partial charge in [0.15, 0.2) is 9.84 Å². The summed E-state index contributed by atoms with van der Waals surface area (Å²) in [5, 5.41) is 11.0. The Balaban J connectivity index is 1.86. The molecule has 4 atom stereocenters. The van der Waals surface area contributed by atoms with Gasteiger partial charge in [0.2, 0.25) is 17.6 Å². The Morgan fingerprint density at radius 3 is 2.16 bits per heavy atom. The van der Waals surface area contributed by atoms with Gasteiger partial charge in [0.05, 0.1) is 22.1 Å². The predicted octanol–water partition coefficient (Wildman–Crippen LogP) is 3.01. The van der Waals surface area contributed by atoms with Gasteiger partial charge in [-0.25, -0.2) is 13.2 Å². The van der Waals surface area contributed by atoms with Gasteiger partial charge in [-0.05, 0) is 76.5 Å². The maximum atomic E-state index is 14.4. The second-order valence-electron chi connectivity index (χ2n) is 16.0. The molecule has 3 fully saturated rings. The van der Waals surface area contributed by atoms with E-state index in [9.17, 15) is 32.4 Å². The van der Waals surface area contributed by atoms with Gasteiger partial charge in [-0.3, -0.25) is 19.2 Å². The molecule has 3 rings (SSSR count). The number of terminal acetylenes is 1. The van der Waals surface area contributed by atoms with Gasteiger partial charge in [-0.2, -0.15) is 0 Å². The Bertz CT molecular complexity index is 1410. The molecule has 0 spiro atoms. The number of carbonyl (C=O) groups excluding carboxylic acids is 5. The summed E-state index contributed by atoms with van der Waals surface area (Å²) >= 11 is 0. The summed E-state index contributed by atoms with van der Waals surface area (Å²) in [7, 11) is -3.57. The first-order valence-electron chi connectivity index (χ1n) is 17.5. The first-order chi connectivity index (χ1) is 22.8. The van der Waals surface area contributed by atoms with Crippen molar-refractivity contribution in [1.82, 2.24) is 26.2 Å². The van der Waals surface area contributed by atoms with Crippen molar-refractivity contribution in [3.8, 4) is 12.3 Å². The number of amides is 5. The normalized spacial score (nSPS) is 22.2. The predicted molar refractivity (Wildman–Crippen MR) is 189 cm³/mol. The minimum absolute atomic E-state index is 0.0520. The number of rotatable bonds is 14. The highest BCUT2D eigenvalue weighted by atomic mass is 32.2. The van der Waals surface area contributed by atoms with Crippen LogP contribution >= 0.6 is 0 Å². The van der Waals surface area contributed by atoms with Crippen LogP contribution in [0.25, 0.3) is 0 Å². The topological polar surface area (TPSA) is 171 Å². The van der Waals surface area contributed by atoms with Gasteiger partial charge in [-0.15, -0.1) is 18.9 Å². The average Bonchev–Trinajstić information content (AvgIpc) is 3.76. The lowest BCUT2D eigenvalue weighted by molar-refractivity contribution is -0.144. The van der Waals surface area contributed by atoms with E-state index in [-0.39, 0.29) is 43.5 Å². The van der Waals surface area contributed by atoms with Crippen LogP contribution < -0.4 is 21.3 Å². The van der Waals surface area contributed by atoms with Gasteiger partial charge >= 0.3 is 6.03 Å². The maximum absolute atomic E-state index is 14.4. The molecule has 3 aliphatic rings. The molecule has 1 aliphatic heterocycles. The third-order valence-electron chi connectivity index (χ3n) is 10.0. The van der Waals surface area contributed by atoms with Crippen LogP contribution in [0.15, 0.2) is 12.7 Å². The van der Waals surface area contributed by atoms with Crippen molar-refractivity contribution in [1.29, 1.82) is 0 Å². The Labute approximate surface area is 292 Å². The molecule has 1 heterocycles. The van der Waals surface area contributed by atoms with Crippen LogP contribution in [0.2, 0.25) is 0 Å². The minimum atomic E-state index is -3.57. The molecule has 2 aliphatic carbocycles. The molecular formula is C36H57N5O7S. The average molecular weight is 704 g/mol. The lowest BCUT2D eigenvalue weighted by atomic mass is 9.83. The Kier molecular flexibility index (Phi) is 13.1. The van der Waals surface area contributed by atoms with E-state index in [1.165, 1.54) is 11.0 Å². The van der Waals surface area contributed by atoms with E-state index in [1.54, 1.807) is 20.8 Å². The summed E-state index contributed by atoms with van der Waals surface area (Å²) in [6.07, 6.45) is 13.0. The van der Waals surface area contributed by atoms with E-state index >= 15 is 0 Å². The van der Waals surface area contributed by atoms with Crippen molar-refractivity contribution in [2.45, 2.75) is 134 Å². The number of hydrogen-bond acceptors (Lipinski definition) is 7. The number of likely N-dealkylation sites (tertiary alicyclic amines) is 1. The zero-order chi connectivity index (χ0) is 36.8. The van der Waals surface area contributed by atoms with Gasteiger partial charge in [0.25, 0.3) is 5.91 Å². The summed E-state index contributed by atoms with van der Waals surface area (Å²) in [6.45, 7) is 14.3. The van der Waals surface area contributed by atoms with Crippen molar-refractivity contribution < 1.29 is 32.4 Å². The lowest BCUT2D eigenvalue weighted by Gasteiger charge is -2.41. The third kappa shape index (κ3) is 10.3. The summed E-state index contributed by atoms with van der Waals surface area (Å²) in [4.78, 5) is 69.2. The van der Waals surface area contributed by atoms with Gasteiger partial charge in [-0.1, -0.05) is 46.1 Å². The number of nitrogens with one attached hydrogen (secondary N) is 4. The smallest absolute Gasteiger partial charge is 0.315 e. The van der Waals surface area contributed by atoms with Gasteiger partial charge in [0, 0.05) is 19.5 Å². The molecule has 0 radical (unpaired) electrons. The summed E-state index contributed by atoms with van der Waals surface area (Å²) in [6, 6.07) is -3.77. The molecule has 0 aromatic carbocycles. The van der Waals surface area contributed by atoms with Crippen molar-refractivity contribution in [2.24, 2.45) is 17.3 Å². The van der Waals surface area contributed by atoms with Crippen molar-refractivity contribution >= 4 is 39.4 Å². The Morgan fingerprint density at radius 1 is 1.00 bits per heavy atom. The Morgan fingerprint density at radius 2 is 1.63 bits per heavy atom. The molecule has 274 valence electrons. The van der Waals surface area contributed by atoms with E-state index in [1.807, 2.05) is 20.8 Å². The maximum Gasteiger partial charge on any atom is 0.315 e. The largest absolute Gasteiger partial charge is 0.346 e. The SMILES string of the molecule is C#CCCC(NC(=O)[C@@H]1[C@@H](C2CC2)CCN1C(=O)[C@@H](NC(=O)NC1(CS(=O)(=O)C(C)(C)C)CCCCC1)C(C)(C)C)C(=O)C(=O)NCC=C. The molecule has 12 nitrogen and oxygen atoms in total. The van der Waals surface area contributed by atoms with Crippen molar-refractivity contribution in [2.75, 3.05) is 18.8 Å². The van der Waals surface area contributed by atoms with Crippen molar-refractivity contribution in [3.05, 3.63) is 12.7 Å². The molecule has 0 aromatic rings. The van der Waals surface area contributed by atoms with E-state index in [0.29, 0.717) is 19.3 Å². The summed E-state index contributed by atoms with van der Waals surface area (Å²) in [5.41, 5.74) is -1.75. The highest BCUT2D eigenvalue weighted by molar-refractivity contribution is 7.92. The molecule has 4 N–H and O–H groups in total. The summed E-state index contributed by atoms with van der Waals surface area (Å²) in [5.74, 6) is -0.346. The zero-order valence-electron chi connectivity index (χ0n) is 30.2. The molecule has 5 amide bonds. The monoisotopic (exact) mass is 703 g/mol. The number of Topliss-reactive ketones (excluding diaryl/α,β-unsaturated/α-hetero) is 1. The highest BCUT2D eigenvalue weighted by Gasteiger charge is 2.51. The number of hydrogen-bond donors (Lipinski definition) is 4. The highest BCUT2D eigenvalue weighted by Crippen LogP contribution is 2.45. The number of ketones is 1. The van der Waals surface area contributed by atoms with E-state index in [4.69, 9.17) is 6.42 Å². The molecular weight excluding hydrogens is 646 g/mol. The molecule has 1 unspecified atom stereocenters. The number of urea groups is 1. The molecule has 0 aromatic heterocycles. The van der Waals surface area contributed by atoms with E-state index in [0.717, 1.165) is 32.1 Å².